The summed E-state index contributed by atoms with van der Waals surface area (Å²) in [5.41, 5.74) is 2.31. The van der Waals surface area contributed by atoms with E-state index in [0.717, 1.165) is 5.92 Å². The van der Waals surface area contributed by atoms with Crippen molar-refractivity contribution < 1.29 is 0 Å². The van der Waals surface area contributed by atoms with Crippen molar-refractivity contribution in [1.29, 1.82) is 0 Å². The smallest absolute Gasteiger partial charge is 0.0283 e. The molecule has 16 heavy (non-hydrogen) atoms. The molecule has 0 saturated heterocycles. The monoisotopic (exact) mass is 222 g/mol. The Morgan fingerprint density at radius 1 is 1.25 bits per heavy atom. The van der Waals surface area contributed by atoms with Crippen LogP contribution in [0.2, 0.25) is 0 Å². The topological polar surface area (TPSA) is 0 Å². The lowest BCUT2D eigenvalue weighted by atomic mass is 9.74. The molecule has 1 aliphatic rings. The lowest BCUT2D eigenvalue weighted by Crippen LogP contribution is -2.19. The number of hydrogen-bond acceptors (Lipinski definition) is 0. The van der Waals surface area contributed by atoms with Gasteiger partial charge in [-0.1, -0.05) is 58.6 Å². The van der Waals surface area contributed by atoms with Crippen LogP contribution in [0.25, 0.3) is 0 Å². The van der Waals surface area contributed by atoms with Gasteiger partial charge in [-0.3, -0.25) is 0 Å². The summed E-state index contributed by atoms with van der Waals surface area (Å²) in [6.45, 7) is 9.53. The van der Waals surface area contributed by atoms with Crippen LogP contribution in [0.15, 0.2) is 11.6 Å². The average molecular weight is 222 g/mol. The predicted octanol–water partition coefficient (Wildman–Crippen LogP) is 5.73. The van der Waals surface area contributed by atoms with Gasteiger partial charge >= 0.3 is 0 Å². The van der Waals surface area contributed by atoms with E-state index in [9.17, 15) is 0 Å². The maximum atomic E-state index is 2.52. The SMILES string of the molecule is CCCC(C)(CC)CC(CC)CC=C1CC1. The van der Waals surface area contributed by atoms with Crippen molar-refractivity contribution in [3.05, 3.63) is 11.6 Å². The third-order valence-electron chi connectivity index (χ3n) is 4.34. The Balaban J connectivity index is 2.42. The second kappa shape index (κ2) is 6.47. The zero-order chi connectivity index (χ0) is 12.0. The maximum Gasteiger partial charge on any atom is -0.0283 e. The quantitative estimate of drug-likeness (QED) is 0.460. The molecule has 0 radical (unpaired) electrons. The van der Waals surface area contributed by atoms with E-state index in [1.54, 1.807) is 5.57 Å². The molecule has 1 rings (SSSR count). The van der Waals surface area contributed by atoms with E-state index in [1.807, 2.05) is 0 Å². The van der Waals surface area contributed by atoms with E-state index < -0.39 is 0 Å². The first kappa shape index (κ1) is 13.8. The highest BCUT2D eigenvalue weighted by atomic mass is 14.3. The van der Waals surface area contributed by atoms with Gasteiger partial charge in [0, 0.05) is 0 Å². The third kappa shape index (κ3) is 4.72. The molecular weight excluding hydrogens is 192 g/mol. The summed E-state index contributed by atoms with van der Waals surface area (Å²) in [5.74, 6) is 0.921. The Bertz CT molecular complexity index is 220. The molecule has 0 nitrogen and oxygen atoms in total. The van der Waals surface area contributed by atoms with E-state index in [2.05, 4.69) is 33.8 Å². The zero-order valence-corrected chi connectivity index (χ0v) is 11.8. The van der Waals surface area contributed by atoms with Crippen LogP contribution in [-0.2, 0) is 0 Å². The van der Waals surface area contributed by atoms with Crippen molar-refractivity contribution in [1.82, 2.24) is 0 Å². The Labute approximate surface area is 103 Å². The molecule has 0 amide bonds. The van der Waals surface area contributed by atoms with Crippen LogP contribution in [0.5, 0.6) is 0 Å². The molecule has 1 aliphatic carbocycles. The lowest BCUT2D eigenvalue weighted by molar-refractivity contribution is 0.207. The molecule has 0 aromatic carbocycles. The van der Waals surface area contributed by atoms with Gasteiger partial charge in [0.2, 0.25) is 0 Å². The summed E-state index contributed by atoms with van der Waals surface area (Å²) >= 11 is 0. The minimum atomic E-state index is 0.595. The van der Waals surface area contributed by atoms with Crippen LogP contribution in [0.3, 0.4) is 0 Å². The van der Waals surface area contributed by atoms with Crippen molar-refractivity contribution in [3.8, 4) is 0 Å². The summed E-state index contributed by atoms with van der Waals surface area (Å²) in [7, 11) is 0. The van der Waals surface area contributed by atoms with Crippen molar-refractivity contribution in [2.24, 2.45) is 11.3 Å². The summed E-state index contributed by atoms with van der Waals surface area (Å²) in [6, 6.07) is 0. The van der Waals surface area contributed by atoms with Crippen LogP contribution in [0, 0.1) is 11.3 Å². The van der Waals surface area contributed by atoms with Crippen molar-refractivity contribution >= 4 is 0 Å². The van der Waals surface area contributed by atoms with Gasteiger partial charge in [-0.2, -0.15) is 0 Å². The standard InChI is InChI=1S/C16H30/c1-5-12-16(4,7-3)13-14(6-2)8-9-15-10-11-15/h9,14H,5-8,10-13H2,1-4H3. The Hall–Kier alpha value is -0.260. The molecule has 0 aromatic heterocycles. The fourth-order valence-electron chi connectivity index (χ4n) is 2.73. The third-order valence-corrected chi connectivity index (χ3v) is 4.34. The van der Waals surface area contributed by atoms with Gasteiger partial charge in [0.05, 0.1) is 0 Å². The highest BCUT2D eigenvalue weighted by molar-refractivity contribution is 5.16. The van der Waals surface area contributed by atoms with E-state index in [-0.39, 0.29) is 0 Å². The van der Waals surface area contributed by atoms with Gasteiger partial charge < -0.3 is 0 Å². The first-order valence-electron chi connectivity index (χ1n) is 7.31. The van der Waals surface area contributed by atoms with E-state index in [0.29, 0.717) is 5.41 Å². The maximum absolute atomic E-state index is 2.52. The van der Waals surface area contributed by atoms with Crippen LogP contribution < -0.4 is 0 Å². The average Bonchev–Trinajstić information content (AvgIpc) is 3.08. The minimum absolute atomic E-state index is 0.595. The molecular formula is C16H30. The highest BCUT2D eigenvalue weighted by Crippen LogP contribution is 2.38. The summed E-state index contributed by atoms with van der Waals surface area (Å²) in [5, 5.41) is 0. The number of hydrogen-bond donors (Lipinski definition) is 0. The summed E-state index contributed by atoms with van der Waals surface area (Å²) in [4.78, 5) is 0. The molecule has 0 heteroatoms. The van der Waals surface area contributed by atoms with Crippen molar-refractivity contribution in [2.75, 3.05) is 0 Å². The normalized spacial score (nSPS) is 20.4. The zero-order valence-electron chi connectivity index (χ0n) is 11.8. The van der Waals surface area contributed by atoms with Crippen LogP contribution in [0.1, 0.15) is 79.1 Å². The molecule has 1 saturated carbocycles. The molecule has 0 aromatic rings. The molecule has 0 heterocycles. The van der Waals surface area contributed by atoms with Crippen LogP contribution >= 0.6 is 0 Å². The number of allylic oxidation sites excluding steroid dienone is 2. The van der Waals surface area contributed by atoms with Gasteiger partial charge in [-0.25, -0.2) is 0 Å². The molecule has 1 fully saturated rings. The van der Waals surface area contributed by atoms with Gasteiger partial charge in [-0.15, -0.1) is 0 Å². The van der Waals surface area contributed by atoms with Gasteiger partial charge in [0.15, 0.2) is 0 Å². The lowest BCUT2D eigenvalue weighted by Gasteiger charge is -2.31. The largest absolute Gasteiger partial charge is 0.0850 e. The molecule has 0 aliphatic heterocycles. The van der Waals surface area contributed by atoms with E-state index in [4.69, 9.17) is 0 Å². The molecule has 0 bridgehead atoms. The second-order valence-corrected chi connectivity index (χ2v) is 5.99. The highest BCUT2D eigenvalue weighted by Gasteiger charge is 2.24. The van der Waals surface area contributed by atoms with E-state index in [1.165, 1.54) is 51.4 Å². The fourth-order valence-corrected chi connectivity index (χ4v) is 2.73. The summed E-state index contributed by atoms with van der Waals surface area (Å²) < 4.78 is 0. The fraction of sp³-hybridized carbons (Fsp3) is 0.875. The Kier molecular flexibility index (Phi) is 5.58. The Morgan fingerprint density at radius 2 is 1.94 bits per heavy atom. The van der Waals surface area contributed by atoms with Crippen LogP contribution in [-0.4, -0.2) is 0 Å². The van der Waals surface area contributed by atoms with E-state index >= 15 is 0 Å². The van der Waals surface area contributed by atoms with Crippen molar-refractivity contribution in [2.45, 2.75) is 79.1 Å². The second-order valence-electron chi connectivity index (χ2n) is 5.99. The van der Waals surface area contributed by atoms with Crippen molar-refractivity contribution in [3.63, 3.8) is 0 Å². The molecule has 2 unspecified atom stereocenters. The van der Waals surface area contributed by atoms with Gasteiger partial charge in [-0.05, 0) is 43.4 Å². The first-order chi connectivity index (χ1) is 7.63. The van der Waals surface area contributed by atoms with Crippen LogP contribution in [0.4, 0.5) is 0 Å². The molecule has 0 spiro atoms. The molecule has 2 atom stereocenters. The van der Waals surface area contributed by atoms with Gasteiger partial charge in [0.1, 0.15) is 0 Å². The first-order valence-corrected chi connectivity index (χ1v) is 7.31. The van der Waals surface area contributed by atoms with Gasteiger partial charge in [0.25, 0.3) is 0 Å². The Morgan fingerprint density at radius 3 is 2.38 bits per heavy atom. The minimum Gasteiger partial charge on any atom is -0.0850 e. The predicted molar refractivity (Wildman–Crippen MR) is 73.6 cm³/mol. The molecule has 0 N–H and O–H groups in total. The molecule has 94 valence electrons. The number of rotatable bonds is 8. The summed E-state index contributed by atoms with van der Waals surface area (Å²) in [6.07, 6.45) is 13.5.